The third-order valence-electron chi connectivity index (χ3n) is 13.1. The number of carbonyl (C=O) groups is 8. The summed E-state index contributed by atoms with van der Waals surface area (Å²) in [5.74, 6) is -1.23. The van der Waals surface area contributed by atoms with Gasteiger partial charge in [-0.3, -0.25) is 77.9 Å². The number of unbranched alkanes of at least 4 members (excludes halogenated alkanes) is 5. The number of benzene rings is 2. The van der Waals surface area contributed by atoms with Gasteiger partial charge in [0.1, 0.15) is 12.1 Å². The van der Waals surface area contributed by atoms with Gasteiger partial charge in [-0.2, -0.15) is 20.4 Å². The molecule has 10 rings (SSSR count). The lowest BCUT2D eigenvalue weighted by molar-refractivity contribution is -0.137. The van der Waals surface area contributed by atoms with E-state index in [4.69, 9.17) is 12.2 Å². The number of halogens is 3. The Kier molecular flexibility index (Phi) is 22.0. The van der Waals surface area contributed by atoms with Crippen LogP contribution in [0.2, 0.25) is 0 Å². The SMILES string of the molecule is C#Cc1cnn(CCCCCc2cccc3c2C(=O)N(C2CCC(=O)NC2=O)C3=O)c1.Ic1cn[nH]c1.NCCCCn1cc(I)cn1.O=C1CCC(N2C(=O)c3cccc(CCCCCn4cc(I)cn4)c3C2=O)C(=O)N1. The molecule has 2 atom stereocenters. The highest BCUT2D eigenvalue weighted by Gasteiger charge is 2.47. The first-order valence-electron chi connectivity index (χ1n) is 25.5. The van der Waals surface area contributed by atoms with Gasteiger partial charge in [0.2, 0.25) is 23.6 Å². The van der Waals surface area contributed by atoms with Crippen molar-refractivity contribution < 1.29 is 38.4 Å². The number of nitrogens with two attached hydrogens (primary N) is 1. The summed E-state index contributed by atoms with van der Waals surface area (Å²) in [5.41, 5.74) is 9.19. The van der Waals surface area contributed by atoms with Crippen molar-refractivity contribution >= 4 is 115 Å². The molecule has 8 amide bonds. The van der Waals surface area contributed by atoms with Crippen molar-refractivity contribution in [2.45, 2.75) is 122 Å². The molecule has 2 saturated heterocycles. The van der Waals surface area contributed by atoms with Crippen molar-refractivity contribution in [3.05, 3.63) is 136 Å². The predicted molar refractivity (Wildman–Crippen MR) is 311 cm³/mol. The number of piperidine rings is 2. The van der Waals surface area contributed by atoms with E-state index in [2.05, 4.69) is 110 Å². The summed E-state index contributed by atoms with van der Waals surface area (Å²) in [7, 11) is 0. The molecule has 0 bridgehead atoms. The number of aryl methyl sites for hydroxylation is 5. The molecule has 4 aliphatic rings. The molecule has 4 aliphatic heterocycles. The van der Waals surface area contributed by atoms with Crippen molar-refractivity contribution in [3.8, 4) is 12.3 Å². The number of H-pyrrole nitrogens is 1. The zero-order chi connectivity index (χ0) is 55.7. The van der Waals surface area contributed by atoms with Gasteiger partial charge in [0, 0.05) is 57.3 Å². The summed E-state index contributed by atoms with van der Waals surface area (Å²) in [5, 5.41) is 23.4. The molecular formula is C54H58I3N13O8. The van der Waals surface area contributed by atoms with E-state index in [0.29, 0.717) is 35.1 Å². The van der Waals surface area contributed by atoms with Gasteiger partial charge >= 0.3 is 0 Å². The topological polar surface area (TPSA) is 275 Å². The van der Waals surface area contributed by atoms with Crippen LogP contribution in [0.5, 0.6) is 0 Å². The summed E-state index contributed by atoms with van der Waals surface area (Å²) in [4.78, 5) is 101. The molecule has 0 spiro atoms. The Bertz CT molecular complexity index is 3180. The number of nitrogens with zero attached hydrogens (tertiary/aromatic N) is 9. The number of hydrogen-bond donors (Lipinski definition) is 4. The maximum Gasteiger partial charge on any atom is 0.262 e. The summed E-state index contributed by atoms with van der Waals surface area (Å²) in [6, 6.07) is 8.63. The second kappa shape index (κ2) is 29.0. The lowest BCUT2D eigenvalue weighted by atomic mass is 9.98. The molecule has 4 aromatic heterocycles. The summed E-state index contributed by atoms with van der Waals surface area (Å²) >= 11 is 6.66. The number of aromatic nitrogens is 8. The normalized spacial score (nSPS) is 16.6. The lowest BCUT2D eigenvalue weighted by Gasteiger charge is -2.27. The third kappa shape index (κ3) is 15.6. The van der Waals surface area contributed by atoms with E-state index in [1.807, 2.05) is 63.4 Å². The average molecular weight is 1400 g/mol. The summed E-state index contributed by atoms with van der Waals surface area (Å²) in [6.45, 7) is 3.37. The van der Waals surface area contributed by atoms with Crippen LogP contribution in [0.3, 0.4) is 0 Å². The average Bonchev–Trinajstić information content (AvgIpc) is 4.34. The van der Waals surface area contributed by atoms with Crippen LogP contribution in [-0.2, 0) is 51.7 Å². The van der Waals surface area contributed by atoms with Crippen molar-refractivity contribution in [1.29, 1.82) is 0 Å². The first kappa shape index (κ1) is 59.2. The van der Waals surface area contributed by atoms with Crippen LogP contribution < -0.4 is 16.4 Å². The van der Waals surface area contributed by atoms with Crippen LogP contribution in [0.1, 0.15) is 135 Å². The van der Waals surface area contributed by atoms with Crippen LogP contribution in [-0.4, -0.2) is 115 Å². The third-order valence-corrected chi connectivity index (χ3v) is 14.8. The highest BCUT2D eigenvalue weighted by atomic mass is 127. The fourth-order valence-corrected chi connectivity index (χ4v) is 10.4. The van der Waals surface area contributed by atoms with Crippen LogP contribution in [0.15, 0.2) is 86.0 Å². The minimum Gasteiger partial charge on any atom is -0.330 e. The van der Waals surface area contributed by atoms with Gasteiger partial charge in [-0.25, -0.2) is 0 Å². The van der Waals surface area contributed by atoms with Gasteiger partial charge in [0.25, 0.3) is 23.6 Å². The summed E-state index contributed by atoms with van der Waals surface area (Å²) in [6.07, 6.45) is 29.7. The van der Waals surface area contributed by atoms with E-state index in [9.17, 15) is 38.4 Å². The zero-order valence-electron chi connectivity index (χ0n) is 42.5. The van der Waals surface area contributed by atoms with Crippen LogP contribution >= 0.6 is 67.8 Å². The number of imide groups is 4. The Morgan fingerprint density at radius 3 is 1.40 bits per heavy atom. The lowest BCUT2D eigenvalue weighted by Crippen LogP contribution is -2.54. The number of rotatable bonds is 18. The van der Waals surface area contributed by atoms with E-state index in [-0.39, 0.29) is 37.5 Å². The Labute approximate surface area is 491 Å². The number of hydrogen-bond acceptors (Lipinski definition) is 13. The Balaban J connectivity index is 0.000000174. The Hall–Kier alpha value is -6.45. The largest absolute Gasteiger partial charge is 0.330 e. The monoisotopic (exact) mass is 1400 g/mol. The second-order valence-corrected chi connectivity index (χ2v) is 22.3. The van der Waals surface area contributed by atoms with Crippen LogP contribution in [0.4, 0.5) is 0 Å². The number of fused-ring (bicyclic) bond motifs is 2. The quantitative estimate of drug-likeness (QED) is 0.0322. The first-order chi connectivity index (χ1) is 37.7. The van der Waals surface area contributed by atoms with E-state index in [1.54, 1.807) is 36.7 Å². The smallest absolute Gasteiger partial charge is 0.262 e. The fourth-order valence-electron chi connectivity index (χ4n) is 9.25. The molecule has 24 heteroatoms. The Morgan fingerprint density at radius 1 is 0.564 bits per heavy atom. The van der Waals surface area contributed by atoms with Gasteiger partial charge in [-0.15, -0.1) is 6.42 Å². The van der Waals surface area contributed by atoms with E-state index < -0.39 is 47.5 Å². The molecule has 78 heavy (non-hydrogen) atoms. The molecule has 408 valence electrons. The molecular weight excluding hydrogens is 1340 g/mol. The summed E-state index contributed by atoms with van der Waals surface area (Å²) < 4.78 is 9.13. The van der Waals surface area contributed by atoms with E-state index in [1.165, 1.54) is 3.57 Å². The standard InChI is InChI=1S/C23H22N4O4.C21H21IN4O4.C7H12IN3.C3H3IN2/c1-2-15-13-24-26(14-15)12-5-3-4-7-16-8-6-9-17-20(16)23(31)27(22(17)30)18-10-11-19(28)25-21(18)29;22-14-11-23-25(12-14)10-3-1-2-5-13-6-4-7-15-18(13)21(30)26(20(15)29)16-8-9-17(27)24-19(16)28;8-7-5-10-11(6-7)4-2-1-3-9;4-3-1-5-6-2-3/h1,6,8-9,13-14,18H,3-5,7,10-12H2,(H,25,28,29);4,6-7,11-12,16H,1-3,5,8-10H2,(H,24,27,28);5-6H,1-4,9H2;1-2H,(H,5,6). The Morgan fingerprint density at radius 2 is 1.03 bits per heavy atom. The van der Waals surface area contributed by atoms with Crippen molar-refractivity contribution in [3.63, 3.8) is 0 Å². The zero-order valence-corrected chi connectivity index (χ0v) is 49.0. The molecule has 6 aromatic rings. The highest BCUT2D eigenvalue weighted by molar-refractivity contribution is 14.1. The molecule has 0 aliphatic carbocycles. The van der Waals surface area contributed by atoms with Gasteiger partial charge in [-0.05, 0) is 162 Å². The maximum absolute atomic E-state index is 13.1. The number of nitrogens with one attached hydrogen (secondary N) is 3. The van der Waals surface area contributed by atoms with Crippen molar-refractivity contribution in [2.24, 2.45) is 5.73 Å². The fraction of sp³-hybridized carbons (Fsp3) is 0.370. The van der Waals surface area contributed by atoms with Crippen LogP contribution in [0, 0.1) is 23.1 Å². The number of terminal acetylenes is 1. The molecule has 8 heterocycles. The number of carbonyl (C=O) groups excluding carboxylic acids is 8. The molecule has 2 fully saturated rings. The molecule has 5 N–H and O–H groups in total. The number of aromatic amines is 1. The van der Waals surface area contributed by atoms with Gasteiger partial charge in [0.15, 0.2) is 0 Å². The van der Waals surface area contributed by atoms with Crippen molar-refractivity contribution in [2.75, 3.05) is 6.54 Å². The minimum absolute atomic E-state index is 0.107. The molecule has 2 aromatic carbocycles. The molecule has 21 nitrogen and oxygen atoms in total. The maximum atomic E-state index is 13.1. The van der Waals surface area contributed by atoms with Crippen molar-refractivity contribution in [1.82, 2.24) is 60.0 Å². The first-order valence-corrected chi connectivity index (χ1v) is 28.8. The second-order valence-electron chi connectivity index (χ2n) is 18.6. The van der Waals surface area contributed by atoms with E-state index in [0.717, 1.165) is 111 Å². The molecule has 2 unspecified atom stereocenters. The van der Waals surface area contributed by atoms with Gasteiger partial charge in [0.05, 0.1) is 63.3 Å². The molecule has 0 radical (unpaired) electrons. The van der Waals surface area contributed by atoms with E-state index >= 15 is 0 Å². The number of amides is 8. The van der Waals surface area contributed by atoms with Gasteiger partial charge < -0.3 is 5.73 Å². The van der Waals surface area contributed by atoms with Crippen LogP contribution in [0.25, 0.3) is 0 Å². The molecule has 0 saturated carbocycles. The minimum atomic E-state index is -0.945. The van der Waals surface area contributed by atoms with Gasteiger partial charge in [-0.1, -0.05) is 43.0 Å². The highest BCUT2D eigenvalue weighted by Crippen LogP contribution is 2.32. The predicted octanol–water partition coefficient (Wildman–Crippen LogP) is 6.22.